The first-order valence-corrected chi connectivity index (χ1v) is 7.46. The van der Waals surface area contributed by atoms with Crippen LogP contribution in [-0.4, -0.2) is 19.7 Å². The molecule has 0 saturated carbocycles. The minimum atomic E-state index is -3.27. The van der Waals surface area contributed by atoms with Gasteiger partial charge in [-0.1, -0.05) is 6.07 Å². The smallest absolute Gasteiger partial charge is 0.242 e. The molecule has 0 fully saturated rings. The monoisotopic (exact) mass is 278 g/mol. The molecule has 1 aromatic carbocycles. The number of aromatic nitrogens is 1. The molecule has 0 aliphatic carbocycles. The predicted octanol–water partition coefficient (Wildman–Crippen LogP) is 2.17. The van der Waals surface area contributed by atoms with E-state index in [0.717, 1.165) is 11.8 Å². The Morgan fingerprint density at radius 3 is 2.68 bits per heavy atom. The van der Waals surface area contributed by atoms with Gasteiger partial charge in [0.05, 0.1) is 10.6 Å². The van der Waals surface area contributed by atoms with E-state index in [-0.39, 0.29) is 10.8 Å². The van der Waals surface area contributed by atoms with E-state index in [1.54, 1.807) is 24.4 Å². The maximum Gasteiger partial charge on any atom is 0.242 e. The third-order valence-electron chi connectivity index (χ3n) is 2.62. The van der Waals surface area contributed by atoms with Gasteiger partial charge in [-0.2, -0.15) is 0 Å². The van der Waals surface area contributed by atoms with Gasteiger partial charge in [0.15, 0.2) is 9.84 Å². The molecule has 0 aliphatic heterocycles. The lowest BCUT2D eigenvalue weighted by molar-refractivity contribution is 0.463. The van der Waals surface area contributed by atoms with E-state index in [0.29, 0.717) is 11.4 Å². The van der Waals surface area contributed by atoms with Crippen LogP contribution in [-0.2, 0) is 9.84 Å². The highest BCUT2D eigenvalue weighted by Gasteiger charge is 2.10. The summed E-state index contributed by atoms with van der Waals surface area (Å²) in [5, 5.41) is 0. The van der Waals surface area contributed by atoms with Gasteiger partial charge in [-0.3, -0.25) is 0 Å². The standard InChI is InChI=1S/C13H14N2O3S/c1-9-6-7-15-13(12(9)14)18-10-4-3-5-11(8-10)19(2,16)17/h3-8H,14H2,1-2H3. The number of pyridine rings is 1. The molecule has 0 radical (unpaired) electrons. The Kier molecular flexibility index (Phi) is 3.44. The number of ether oxygens (including phenoxy) is 1. The third kappa shape index (κ3) is 3.03. The van der Waals surface area contributed by atoms with Crippen molar-refractivity contribution in [3.63, 3.8) is 0 Å². The Morgan fingerprint density at radius 2 is 2.00 bits per heavy atom. The lowest BCUT2D eigenvalue weighted by atomic mass is 10.2. The number of nitrogens with zero attached hydrogens (tertiary/aromatic N) is 1. The summed E-state index contributed by atoms with van der Waals surface area (Å²) >= 11 is 0. The number of aryl methyl sites for hydroxylation is 1. The van der Waals surface area contributed by atoms with E-state index in [4.69, 9.17) is 10.5 Å². The van der Waals surface area contributed by atoms with Crippen LogP contribution in [0.4, 0.5) is 5.69 Å². The van der Waals surface area contributed by atoms with Crippen LogP contribution in [0.15, 0.2) is 41.4 Å². The van der Waals surface area contributed by atoms with Gasteiger partial charge in [0.2, 0.25) is 5.88 Å². The van der Waals surface area contributed by atoms with Gasteiger partial charge in [0.1, 0.15) is 5.75 Å². The molecule has 0 amide bonds. The average molecular weight is 278 g/mol. The van der Waals surface area contributed by atoms with Crippen molar-refractivity contribution in [2.45, 2.75) is 11.8 Å². The van der Waals surface area contributed by atoms with E-state index >= 15 is 0 Å². The van der Waals surface area contributed by atoms with Gasteiger partial charge in [0, 0.05) is 12.5 Å². The number of rotatable bonds is 3. The predicted molar refractivity (Wildman–Crippen MR) is 73.0 cm³/mol. The maximum atomic E-state index is 11.5. The highest BCUT2D eigenvalue weighted by Crippen LogP contribution is 2.28. The first kappa shape index (κ1) is 13.4. The SMILES string of the molecule is Cc1ccnc(Oc2cccc(S(C)(=O)=O)c2)c1N. The molecule has 1 aromatic heterocycles. The molecular weight excluding hydrogens is 264 g/mol. The van der Waals surface area contributed by atoms with Crippen LogP contribution in [0.25, 0.3) is 0 Å². The van der Waals surface area contributed by atoms with E-state index in [1.165, 1.54) is 12.1 Å². The second-order valence-electron chi connectivity index (χ2n) is 4.20. The lowest BCUT2D eigenvalue weighted by Gasteiger charge is -2.09. The highest BCUT2D eigenvalue weighted by molar-refractivity contribution is 7.90. The van der Waals surface area contributed by atoms with Crippen molar-refractivity contribution < 1.29 is 13.2 Å². The second-order valence-corrected chi connectivity index (χ2v) is 6.21. The van der Waals surface area contributed by atoms with Crippen molar-refractivity contribution in [3.05, 3.63) is 42.1 Å². The van der Waals surface area contributed by atoms with Crippen LogP contribution in [0.5, 0.6) is 11.6 Å². The third-order valence-corrected chi connectivity index (χ3v) is 3.73. The summed E-state index contributed by atoms with van der Waals surface area (Å²) < 4.78 is 28.5. The summed E-state index contributed by atoms with van der Waals surface area (Å²) in [5.74, 6) is 0.651. The fourth-order valence-electron chi connectivity index (χ4n) is 1.51. The van der Waals surface area contributed by atoms with Crippen LogP contribution in [0.3, 0.4) is 0 Å². The molecule has 2 N–H and O–H groups in total. The molecular formula is C13H14N2O3S. The zero-order valence-electron chi connectivity index (χ0n) is 10.6. The fraction of sp³-hybridized carbons (Fsp3) is 0.154. The Bertz CT molecular complexity index is 712. The molecule has 0 aliphatic rings. The van der Waals surface area contributed by atoms with Gasteiger partial charge >= 0.3 is 0 Å². The first-order valence-electron chi connectivity index (χ1n) is 5.57. The number of nitrogen functional groups attached to an aromatic ring is 1. The Balaban J connectivity index is 2.37. The number of hydrogen-bond acceptors (Lipinski definition) is 5. The highest BCUT2D eigenvalue weighted by atomic mass is 32.2. The van der Waals surface area contributed by atoms with E-state index in [2.05, 4.69) is 4.98 Å². The normalized spacial score (nSPS) is 11.3. The minimum Gasteiger partial charge on any atom is -0.437 e. The lowest BCUT2D eigenvalue weighted by Crippen LogP contribution is -1.99. The van der Waals surface area contributed by atoms with Crippen molar-refractivity contribution in [3.8, 4) is 11.6 Å². The topological polar surface area (TPSA) is 82.3 Å². The van der Waals surface area contributed by atoms with E-state index in [9.17, 15) is 8.42 Å². The molecule has 5 nitrogen and oxygen atoms in total. The van der Waals surface area contributed by atoms with Crippen LogP contribution in [0.1, 0.15) is 5.56 Å². The largest absolute Gasteiger partial charge is 0.437 e. The summed E-state index contributed by atoms with van der Waals surface area (Å²) in [6.07, 6.45) is 2.73. The van der Waals surface area contributed by atoms with Crippen molar-refractivity contribution in [2.24, 2.45) is 0 Å². The average Bonchev–Trinajstić information content (AvgIpc) is 2.34. The number of benzene rings is 1. The van der Waals surface area contributed by atoms with Gasteiger partial charge in [0.25, 0.3) is 0 Å². The summed E-state index contributed by atoms with van der Waals surface area (Å²) in [7, 11) is -3.27. The molecule has 100 valence electrons. The summed E-state index contributed by atoms with van der Waals surface area (Å²) in [4.78, 5) is 4.22. The molecule has 1 heterocycles. The minimum absolute atomic E-state index is 0.191. The number of nitrogens with two attached hydrogens (primary N) is 1. The van der Waals surface area contributed by atoms with Gasteiger partial charge in [-0.05, 0) is 36.8 Å². The zero-order valence-corrected chi connectivity index (χ0v) is 11.4. The quantitative estimate of drug-likeness (QED) is 0.930. The second kappa shape index (κ2) is 4.89. The van der Waals surface area contributed by atoms with Crippen LogP contribution in [0, 0.1) is 6.92 Å². The van der Waals surface area contributed by atoms with Crippen molar-refractivity contribution in [1.82, 2.24) is 4.98 Å². The van der Waals surface area contributed by atoms with Crippen molar-refractivity contribution in [1.29, 1.82) is 0 Å². The van der Waals surface area contributed by atoms with E-state index in [1.807, 2.05) is 6.92 Å². The molecule has 0 atom stereocenters. The summed E-state index contributed by atoms with van der Waals surface area (Å²) in [6.45, 7) is 1.84. The number of anilines is 1. The molecule has 0 unspecified atom stereocenters. The van der Waals surface area contributed by atoms with Crippen LogP contribution >= 0.6 is 0 Å². The van der Waals surface area contributed by atoms with Gasteiger partial charge in [-0.25, -0.2) is 13.4 Å². The Morgan fingerprint density at radius 1 is 1.26 bits per heavy atom. The maximum absolute atomic E-state index is 11.5. The van der Waals surface area contributed by atoms with Crippen molar-refractivity contribution in [2.75, 3.05) is 12.0 Å². The molecule has 2 rings (SSSR count). The molecule has 19 heavy (non-hydrogen) atoms. The molecule has 0 bridgehead atoms. The Hall–Kier alpha value is -2.08. The van der Waals surface area contributed by atoms with E-state index < -0.39 is 9.84 Å². The molecule has 6 heteroatoms. The van der Waals surface area contributed by atoms with Crippen LogP contribution < -0.4 is 10.5 Å². The molecule has 0 spiro atoms. The molecule has 2 aromatic rings. The Labute approximate surface area is 112 Å². The fourth-order valence-corrected chi connectivity index (χ4v) is 2.16. The first-order chi connectivity index (χ1) is 8.88. The van der Waals surface area contributed by atoms with Gasteiger partial charge in [-0.15, -0.1) is 0 Å². The number of hydrogen-bond donors (Lipinski definition) is 1. The number of sulfone groups is 1. The molecule has 0 saturated heterocycles. The zero-order chi connectivity index (χ0) is 14.0. The van der Waals surface area contributed by atoms with Crippen LogP contribution in [0.2, 0.25) is 0 Å². The van der Waals surface area contributed by atoms with Gasteiger partial charge < -0.3 is 10.5 Å². The summed E-state index contributed by atoms with van der Waals surface area (Å²) in [5.41, 5.74) is 7.14. The summed E-state index contributed by atoms with van der Waals surface area (Å²) in [6, 6.07) is 7.99. The van der Waals surface area contributed by atoms with Crippen molar-refractivity contribution >= 4 is 15.5 Å².